The molecule has 0 spiro atoms. The minimum atomic E-state index is -5.14. The van der Waals surface area contributed by atoms with Crippen molar-refractivity contribution in [1.29, 1.82) is 0 Å². The van der Waals surface area contributed by atoms with E-state index in [1.165, 1.54) is 30.1 Å². The summed E-state index contributed by atoms with van der Waals surface area (Å²) in [5.74, 6) is 0.105. The summed E-state index contributed by atoms with van der Waals surface area (Å²) in [5.41, 5.74) is -3.70. The van der Waals surface area contributed by atoms with Gasteiger partial charge in [-0.3, -0.25) is 9.59 Å². The molecule has 212 valence electrons. The highest BCUT2D eigenvalue weighted by atomic mass is 35.5. The van der Waals surface area contributed by atoms with E-state index in [-0.39, 0.29) is 23.5 Å². The Kier molecular flexibility index (Phi) is 8.47. The highest BCUT2D eigenvalue weighted by Crippen LogP contribution is 2.46. The summed E-state index contributed by atoms with van der Waals surface area (Å²) in [6.07, 6.45) is -1.45. The molecule has 1 aromatic heterocycles. The minimum absolute atomic E-state index is 0.118. The lowest BCUT2D eigenvalue weighted by atomic mass is 9.90. The number of aromatic nitrogens is 1. The van der Waals surface area contributed by atoms with E-state index in [0.29, 0.717) is 17.4 Å². The molecule has 2 aliphatic rings. The van der Waals surface area contributed by atoms with Gasteiger partial charge in [-0.05, 0) is 55.6 Å². The van der Waals surface area contributed by atoms with E-state index in [0.717, 1.165) is 61.6 Å². The molecule has 1 aliphatic heterocycles. The number of carbonyl (C=O) groups is 2. The van der Waals surface area contributed by atoms with Crippen LogP contribution < -0.4 is 4.90 Å². The first kappa shape index (κ1) is 29.1. The van der Waals surface area contributed by atoms with Crippen molar-refractivity contribution in [1.82, 2.24) is 14.8 Å². The molecule has 2 fully saturated rings. The summed E-state index contributed by atoms with van der Waals surface area (Å²) in [6, 6.07) is 10.0. The van der Waals surface area contributed by atoms with Crippen molar-refractivity contribution in [2.24, 2.45) is 17.8 Å². The lowest BCUT2D eigenvalue weighted by molar-refractivity contribution is -0.261. The van der Waals surface area contributed by atoms with Crippen LogP contribution in [0.1, 0.15) is 41.6 Å². The topological polar surface area (TPSA) is 77.0 Å². The Bertz CT molecular complexity index is 1190. The second-order valence-corrected chi connectivity index (χ2v) is 11.2. The van der Waals surface area contributed by atoms with Crippen molar-refractivity contribution in [2.75, 3.05) is 45.7 Å². The van der Waals surface area contributed by atoms with Gasteiger partial charge < -0.3 is 19.8 Å². The van der Waals surface area contributed by atoms with Crippen molar-refractivity contribution in [3.63, 3.8) is 0 Å². The Hall–Kier alpha value is -2.85. The standard InChI is InChI=1S/C28H34ClF3N4O3/c1-34(2)25(37)22-9-10-23(33-24(22)29)36-13-11-18(12-14-36)15-19-16-20(19)17-35(3)26(38)27(39,28(30,31)32)21-7-5-4-6-8-21/h4-10,18-20,39H,11-17H2,1-3H3/t19-,20+,27?/m1/s1. The molecule has 2 heterocycles. The van der Waals surface area contributed by atoms with E-state index < -0.39 is 23.2 Å². The van der Waals surface area contributed by atoms with Crippen LogP contribution in [0.25, 0.3) is 0 Å². The van der Waals surface area contributed by atoms with Crippen LogP contribution in [0.4, 0.5) is 19.0 Å². The maximum atomic E-state index is 13.9. The summed E-state index contributed by atoms with van der Waals surface area (Å²) in [4.78, 5) is 34.1. The first-order valence-electron chi connectivity index (χ1n) is 13.1. The number of amides is 2. The molecule has 1 aliphatic carbocycles. The van der Waals surface area contributed by atoms with Gasteiger partial charge in [-0.2, -0.15) is 13.2 Å². The number of anilines is 1. The SMILES string of the molecule is CN(C)C(=O)c1ccc(N2CCC(C[C@@H]3C[C@H]3CN(C)C(=O)C(O)(c3ccccc3)C(F)(F)F)CC2)nc1Cl. The summed E-state index contributed by atoms with van der Waals surface area (Å²) in [7, 11) is 4.64. The van der Waals surface area contributed by atoms with Crippen LogP contribution >= 0.6 is 11.6 Å². The molecule has 39 heavy (non-hydrogen) atoms. The summed E-state index contributed by atoms with van der Waals surface area (Å²) in [6.45, 7) is 1.76. The number of nitrogens with zero attached hydrogens (tertiary/aromatic N) is 4. The fraction of sp³-hybridized carbons (Fsp3) is 0.536. The molecule has 7 nitrogen and oxygen atoms in total. The smallest absolute Gasteiger partial charge is 0.369 e. The number of halogens is 4. The number of rotatable bonds is 8. The van der Waals surface area contributed by atoms with Crippen LogP contribution in [0.5, 0.6) is 0 Å². The first-order valence-corrected chi connectivity index (χ1v) is 13.4. The molecule has 0 radical (unpaired) electrons. The molecular formula is C28H34ClF3N4O3. The number of alkyl halides is 3. The van der Waals surface area contributed by atoms with Gasteiger partial charge in [0.2, 0.25) is 0 Å². The fourth-order valence-corrected chi connectivity index (χ4v) is 5.68. The van der Waals surface area contributed by atoms with Gasteiger partial charge in [0.15, 0.2) is 0 Å². The number of hydrogen-bond donors (Lipinski definition) is 1. The Morgan fingerprint density at radius 3 is 2.26 bits per heavy atom. The molecule has 2 aromatic rings. The average molecular weight is 567 g/mol. The third kappa shape index (κ3) is 6.17. The number of piperidine rings is 1. The van der Waals surface area contributed by atoms with Gasteiger partial charge in [0.1, 0.15) is 11.0 Å². The number of hydrogen-bond acceptors (Lipinski definition) is 5. The van der Waals surface area contributed by atoms with Gasteiger partial charge in [-0.1, -0.05) is 41.9 Å². The molecule has 11 heteroatoms. The first-order chi connectivity index (χ1) is 18.3. The van der Waals surface area contributed by atoms with E-state index in [1.807, 2.05) is 6.07 Å². The lowest BCUT2D eigenvalue weighted by Gasteiger charge is -2.34. The largest absolute Gasteiger partial charge is 0.430 e. The van der Waals surface area contributed by atoms with E-state index in [9.17, 15) is 27.9 Å². The molecule has 1 saturated heterocycles. The monoisotopic (exact) mass is 566 g/mol. The van der Waals surface area contributed by atoms with Gasteiger partial charge in [0.05, 0.1) is 5.56 Å². The average Bonchev–Trinajstić information content (AvgIpc) is 3.63. The predicted octanol–water partition coefficient (Wildman–Crippen LogP) is 4.59. The van der Waals surface area contributed by atoms with E-state index in [2.05, 4.69) is 9.88 Å². The van der Waals surface area contributed by atoms with Crippen LogP contribution in [-0.2, 0) is 10.4 Å². The predicted molar refractivity (Wildman–Crippen MR) is 142 cm³/mol. The molecule has 0 bridgehead atoms. The van der Waals surface area contributed by atoms with Crippen molar-refractivity contribution in [3.8, 4) is 0 Å². The zero-order chi connectivity index (χ0) is 28.5. The normalized spacial score (nSPS) is 21.3. The number of carbonyl (C=O) groups excluding carboxylic acids is 2. The van der Waals surface area contributed by atoms with E-state index in [1.54, 1.807) is 20.2 Å². The molecule has 1 N–H and O–H groups in total. The maximum Gasteiger partial charge on any atom is 0.430 e. The summed E-state index contributed by atoms with van der Waals surface area (Å²) < 4.78 is 41.6. The number of benzene rings is 1. The molecule has 1 aromatic carbocycles. The van der Waals surface area contributed by atoms with Crippen molar-refractivity contribution < 1.29 is 27.9 Å². The Labute approximate surface area is 231 Å². The van der Waals surface area contributed by atoms with Gasteiger partial charge >= 0.3 is 6.18 Å². The quantitative estimate of drug-likeness (QED) is 0.473. The van der Waals surface area contributed by atoms with Crippen LogP contribution in [0.3, 0.4) is 0 Å². The zero-order valence-corrected chi connectivity index (χ0v) is 23.0. The van der Waals surface area contributed by atoms with Crippen LogP contribution in [0.2, 0.25) is 5.15 Å². The molecule has 4 rings (SSSR count). The number of likely N-dealkylation sites (N-methyl/N-ethyl adjacent to an activating group) is 1. The van der Waals surface area contributed by atoms with Gasteiger partial charge in [-0.15, -0.1) is 0 Å². The van der Waals surface area contributed by atoms with Crippen LogP contribution in [0.15, 0.2) is 42.5 Å². The number of aliphatic hydroxyl groups is 1. The van der Waals surface area contributed by atoms with Gasteiger partial charge in [0, 0.05) is 46.3 Å². The molecule has 1 unspecified atom stereocenters. The second-order valence-electron chi connectivity index (χ2n) is 10.9. The van der Waals surface area contributed by atoms with Crippen molar-refractivity contribution >= 4 is 29.2 Å². The van der Waals surface area contributed by atoms with Crippen LogP contribution in [-0.4, -0.2) is 78.7 Å². The number of pyridine rings is 1. The Morgan fingerprint density at radius 2 is 1.69 bits per heavy atom. The summed E-state index contributed by atoms with van der Waals surface area (Å²) >= 11 is 6.27. The summed E-state index contributed by atoms with van der Waals surface area (Å²) in [5, 5.41) is 10.7. The zero-order valence-electron chi connectivity index (χ0n) is 22.3. The minimum Gasteiger partial charge on any atom is -0.369 e. The lowest BCUT2D eigenvalue weighted by Crippen LogP contribution is -2.55. The van der Waals surface area contributed by atoms with E-state index in [4.69, 9.17) is 11.6 Å². The molecule has 3 atom stereocenters. The highest BCUT2D eigenvalue weighted by Gasteiger charge is 2.62. The molecular weight excluding hydrogens is 533 g/mol. The third-order valence-electron chi connectivity index (χ3n) is 7.88. The molecule has 2 amide bonds. The highest BCUT2D eigenvalue weighted by molar-refractivity contribution is 6.32. The van der Waals surface area contributed by atoms with E-state index >= 15 is 0 Å². The van der Waals surface area contributed by atoms with Crippen LogP contribution in [0, 0.1) is 17.8 Å². The van der Waals surface area contributed by atoms with Gasteiger partial charge in [-0.25, -0.2) is 4.98 Å². The third-order valence-corrected chi connectivity index (χ3v) is 8.17. The van der Waals surface area contributed by atoms with Gasteiger partial charge in [0.25, 0.3) is 17.4 Å². The van der Waals surface area contributed by atoms with Crippen molar-refractivity contribution in [2.45, 2.75) is 37.5 Å². The molecule has 1 saturated carbocycles. The fourth-order valence-electron chi connectivity index (χ4n) is 5.45. The maximum absolute atomic E-state index is 13.9. The Morgan fingerprint density at radius 1 is 1.05 bits per heavy atom. The van der Waals surface area contributed by atoms with Crippen molar-refractivity contribution in [3.05, 3.63) is 58.7 Å². The Balaban J connectivity index is 1.28. The second kappa shape index (κ2) is 11.3.